The van der Waals surface area contributed by atoms with Gasteiger partial charge in [0.1, 0.15) is 12.4 Å². The molecule has 47 heavy (non-hydrogen) atoms. The quantitative estimate of drug-likeness (QED) is 0.0750. The number of ether oxygens (including phenoxy) is 3. The van der Waals surface area contributed by atoms with Gasteiger partial charge in [0.15, 0.2) is 17.3 Å². The predicted molar refractivity (Wildman–Crippen MR) is 190 cm³/mol. The van der Waals surface area contributed by atoms with E-state index in [9.17, 15) is 14.9 Å². The topological polar surface area (TPSA) is 118 Å². The van der Waals surface area contributed by atoms with E-state index in [1.165, 1.54) is 23.9 Å². The van der Waals surface area contributed by atoms with Crippen LogP contribution < -0.4 is 19.8 Å². The molecule has 5 aromatic rings. The zero-order valence-electron chi connectivity index (χ0n) is 26.4. The molecule has 0 atom stereocenters. The molecule has 1 aromatic heterocycles. The fraction of sp³-hybridized carbons (Fsp3) is 0.229. The molecule has 0 radical (unpaired) electrons. The maximum Gasteiger partial charge on any atom is 0.282 e. The van der Waals surface area contributed by atoms with Crippen molar-refractivity contribution in [2.75, 3.05) is 13.7 Å². The molecule has 0 aliphatic carbocycles. The molecule has 0 saturated carbocycles. The number of nitrogens with zero attached hydrogens (tertiary/aromatic N) is 4. The first-order valence-electron chi connectivity index (χ1n) is 14.8. The second-order valence-corrected chi connectivity index (χ2v) is 12.5. The number of rotatable bonds is 11. The molecular weight excluding hydrogens is 732 g/mol. The van der Waals surface area contributed by atoms with E-state index >= 15 is 0 Å². The van der Waals surface area contributed by atoms with E-state index in [1.54, 1.807) is 36.5 Å². The Kier molecular flexibility index (Phi) is 10.4. The van der Waals surface area contributed by atoms with Crippen LogP contribution in [0.1, 0.15) is 48.9 Å². The molecule has 12 heteroatoms. The molecule has 0 unspecified atom stereocenters. The molecular formula is C35H32Br2N4O6. The maximum atomic E-state index is 13.9. The minimum atomic E-state index is -0.450. The lowest BCUT2D eigenvalue weighted by Gasteiger charge is -2.18. The molecule has 4 aromatic carbocycles. The lowest BCUT2D eigenvalue weighted by Crippen LogP contribution is -2.21. The zero-order chi connectivity index (χ0) is 33.8. The summed E-state index contributed by atoms with van der Waals surface area (Å²) in [4.78, 5) is 29.4. The second-order valence-electron chi connectivity index (χ2n) is 10.9. The van der Waals surface area contributed by atoms with E-state index < -0.39 is 4.92 Å². The first-order valence-corrected chi connectivity index (χ1v) is 16.4. The number of benzene rings is 4. The van der Waals surface area contributed by atoms with E-state index in [1.807, 2.05) is 38.1 Å². The highest BCUT2D eigenvalue weighted by Gasteiger charge is 2.20. The monoisotopic (exact) mass is 762 g/mol. The number of para-hydroxylation sites is 1. The van der Waals surface area contributed by atoms with E-state index in [0.29, 0.717) is 49.3 Å². The Morgan fingerprint density at radius 2 is 1.74 bits per heavy atom. The van der Waals surface area contributed by atoms with Gasteiger partial charge in [0.25, 0.3) is 11.2 Å². The lowest BCUT2D eigenvalue weighted by molar-refractivity contribution is -0.384. The Morgan fingerprint density at radius 1 is 1.02 bits per heavy atom. The first-order chi connectivity index (χ1) is 22.5. The number of aromatic nitrogens is 2. The highest BCUT2D eigenvalue weighted by Crippen LogP contribution is 2.43. The fourth-order valence-corrected chi connectivity index (χ4v) is 5.99. The minimum Gasteiger partial charge on any atom is -0.494 e. The zero-order valence-corrected chi connectivity index (χ0v) is 29.6. The van der Waals surface area contributed by atoms with Crippen molar-refractivity contribution >= 4 is 54.7 Å². The number of methoxy groups -OCH3 is 1. The summed E-state index contributed by atoms with van der Waals surface area (Å²) < 4.78 is 20.2. The van der Waals surface area contributed by atoms with E-state index in [4.69, 9.17) is 19.2 Å². The van der Waals surface area contributed by atoms with Crippen molar-refractivity contribution in [1.82, 2.24) is 9.66 Å². The van der Waals surface area contributed by atoms with Crippen LogP contribution in [0.4, 0.5) is 5.69 Å². The SMILES string of the molecule is CCOc1cc(C)c(-c2nc3ccccc3c(=O)n2N=Cc2cc(OC)c(OCc3ccc([N+](=O)[O-])cc3)c(Br)c2Br)cc1C(C)C. The Labute approximate surface area is 288 Å². The van der Waals surface area contributed by atoms with Gasteiger partial charge in [-0.3, -0.25) is 14.9 Å². The summed E-state index contributed by atoms with van der Waals surface area (Å²) in [6.45, 7) is 8.79. The van der Waals surface area contributed by atoms with Crippen LogP contribution in [0.2, 0.25) is 0 Å². The van der Waals surface area contributed by atoms with Crippen molar-refractivity contribution < 1.29 is 19.1 Å². The molecule has 0 fully saturated rings. The van der Waals surface area contributed by atoms with Gasteiger partial charge >= 0.3 is 0 Å². The van der Waals surface area contributed by atoms with E-state index in [-0.39, 0.29) is 23.8 Å². The van der Waals surface area contributed by atoms with Gasteiger partial charge in [-0.2, -0.15) is 9.78 Å². The van der Waals surface area contributed by atoms with E-state index in [0.717, 1.165) is 28.0 Å². The van der Waals surface area contributed by atoms with Gasteiger partial charge in [-0.15, -0.1) is 0 Å². The maximum absolute atomic E-state index is 13.9. The molecule has 0 aliphatic rings. The molecule has 10 nitrogen and oxygen atoms in total. The average molecular weight is 764 g/mol. The third-order valence-electron chi connectivity index (χ3n) is 7.49. The van der Waals surface area contributed by atoms with Gasteiger partial charge in [-0.25, -0.2) is 4.98 Å². The van der Waals surface area contributed by atoms with Crippen molar-refractivity contribution in [2.24, 2.45) is 5.10 Å². The van der Waals surface area contributed by atoms with Crippen LogP contribution in [0.25, 0.3) is 22.3 Å². The highest BCUT2D eigenvalue weighted by atomic mass is 79.9. The number of fused-ring (bicyclic) bond motifs is 1. The third-order valence-corrected chi connectivity index (χ3v) is 9.63. The number of halogens is 2. The van der Waals surface area contributed by atoms with Gasteiger partial charge in [0.05, 0.1) is 40.2 Å². The number of nitro benzene ring substituents is 1. The number of hydrogen-bond acceptors (Lipinski definition) is 8. The average Bonchev–Trinajstić information content (AvgIpc) is 3.05. The summed E-state index contributed by atoms with van der Waals surface area (Å²) in [6, 6.07) is 19.1. The second kappa shape index (κ2) is 14.5. The van der Waals surface area contributed by atoms with Crippen molar-refractivity contribution in [3.05, 3.63) is 118 Å². The summed E-state index contributed by atoms with van der Waals surface area (Å²) in [5.74, 6) is 2.21. The Morgan fingerprint density at radius 3 is 2.40 bits per heavy atom. The molecule has 0 N–H and O–H groups in total. The van der Waals surface area contributed by atoms with Gasteiger partial charge in [-0.1, -0.05) is 26.0 Å². The Bertz CT molecular complexity index is 2060. The van der Waals surface area contributed by atoms with Crippen LogP contribution in [0.15, 0.2) is 85.6 Å². The summed E-state index contributed by atoms with van der Waals surface area (Å²) in [5, 5.41) is 16.1. The molecule has 5 rings (SSSR count). The number of hydrogen-bond donors (Lipinski definition) is 0. The lowest BCUT2D eigenvalue weighted by atomic mass is 9.96. The molecule has 242 valence electrons. The molecule has 0 spiro atoms. The van der Waals surface area contributed by atoms with Crippen molar-refractivity contribution in [3.63, 3.8) is 0 Å². The van der Waals surface area contributed by atoms with Gasteiger partial charge in [-0.05, 0) is 111 Å². The number of nitro groups is 1. The summed E-state index contributed by atoms with van der Waals surface area (Å²) in [6.07, 6.45) is 1.56. The van der Waals surface area contributed by atoms with Crippen molar-refractivity contribution in [1.29, 1.82) is 0 Å². The van der Waals surface area contributed by atoms with E-state index in [2.05, 4.69) is 50.8 Å². The Hall–Kier alpha value is -4.55. The van der Waals surface area contributed by atoms with Crippen LogP contribution in [0, 0.1) is 17.0 Å². The normalized spacial score (nSPS) is 11.4. The van der Waals surface area contributed by atoms with Crippen molar-refractivity contribution in [2.45, 2.75) is 40.2 Å². The largest absolute Gasteiger partial charge is 0.494 e. The molecule has 0 saturated heterocycles. The van der Waals surface area contributed by atoms with Crippen LogP contribution in [-0.4, -0.2) is 34.5 Å². The highest BCUT2D eigenvalue weighted by molar-refractivity contribution is 9.13. The molecule has 0 amide bonds. The fourth-order valence-electron chi connectivity index (χ4n) is 5.05. The molecule has 1 heterocycles. The first kappa shape index (κ1) is 33.8. The predicted octanol–water partition coefficient (Wildman–Crippen LogP) is 8.80. The molecule has 0 aliphatic heterocycles. The van der Waals surface area contributed by atoms with Crippen LogP contribution in [-0.2, 0) is 6.61 Å². The minimum absolute atomic E-state index is 0.000760. The Balaban J connectivity index is 1.58. The van der Waals surface area contributed by atoms with Crippen LogP contribution >= 0.6 is 31.9 Å². The van der Waals surface area contributed by atoms with Gasteiger partial charge < -0.3 is 14.2 Å². The summed E-state index contributed by atoms with van der Waals surface area (Å²) >= 11 is 7.24. The number of aryl methyl sites for hydroxylation is 1. The van der Waals surface area contributed by atoms with Crippen LogP contribution in [0.3, 0.4) is 0 Å². The standard InChI is InChI=1S/C35H32Br2N4O6/c1-6-46-29-15-21(4)27(17-26(29)20(2)3)34-39-28-10-8-7-9-25(28)35(42)40(34)38-18-23-16-30(45-5)33(32(37)31(23)36)47-19-22-11-13-24(14-12-22)41(43)44/h7-18,20H,6,19H2,1-5H3. The van der Waals surface area contributed by atoms with Crippen molar-refractivity contribution in [3.8, 4) is 28.6 Å². The summed E-state index contributed by atoms with van der Waals surface area (Å²) in [5.41, 5.74) is 4.27. The third kappa shape index (κ3) is 7.08. The molecule has 0 bridgehead atoms. The van der Waals surface area contributed by atoms with Gasteiger partial charge in [0, 0.05) is 27.7 Å². The smallest absolute Gasteiger partial charge is 0.282 e. The number of non-ortho nitro benzene ring substituents is 1. The summed E-state index contributed by atoms with van der Waals surface area (Å²) in [7, 11) is 1.52. The van der Waals surface area contributed by atoms with Gasteiger partial charge in [0.2, 0.25) is 0 Å². The van der Waals surface area contributed by atoms with Crippen LogP contribution in [0.5, 0.6) is 17.2 Å².